The molecule has 1 aliphatic heterocycles. The van der Waals surface area contributed by atoms with E-state index in [-0.39, 0.29) is 11.8 Å². The highest BCUT2D eigenvalue weighted by Crippen LogP contribution is 2.41. The number of ketones is 1. The molecule has 6 nitrogen and oxygen atoms in total. The van der Waals surface area contributed by atoms with Gasteiger partial charge in [0.1, 0.15) is 0 Å². The van der Waals surface area contributed by atoms with E-state index in [9.17, 15) is 4.79 Å². The molecule has 3 aromatic rings. The van der Waals surface area contributed by atoms with Crippen LogP contribution in [-0.2, 0) is 4.79 Å². The number of hydrogen-bond donors (Lipinski definition) is 1. The lowest BCUT2D eigenvalue weighted by Crippen LogP contribution is -2.27. The second-order valence-corrected chi connectivity index (χ2v) is 7.76. The fraction of sp³-hybridized carbons (Fsp3) is 0.360. The number of carbonyl (C=O) groups is 1. The Morgan fingerprint density at radius 3 is 2.68 bits per heavy atom. The Bertz CT molecular complexity index is 1150. The number of hydrogen-bond acceptors (Lipinski definition) is 5. The maximum absolute atomic E-state index is 12.7. The Kier molecular flexibility index (Phi) is 5.98. The summed E-state index contributed by atoms with van der Waals surface area (Å²) in [5.41, 5.74) is 4.36. The summed E-state index contributed by atoms with van der Waals surface area (Å²) >= 11 is 0. The van der Waals surface area contributed by atoms with Gasteiger partial charge < -0.3 is 14.8 Å². The summed E-state index contributed by atoms with van der Waals surface area (Å²) in [5.74, 6) is 2.18. The first kappa shape index (κ1) is 21.0. The van der Waals surface area contributed by atoms with Crippen molar-refractivity contribution < 1.29 is 14.3 Å². The van der Waals surface area contributed by atoms with Gasteiger partial charge in [-0.15, -0.1) is 0 Å². The van der Waals surface area contributed by atoms with Crippen LogP contribution >= 0.6 is 0 Å². The molecule has 6 heteroatoms. The van der Waals surface area contributed by atoms with Crippen molar-refractivity contribution in [3.8, 4) is 11.5 Å². The van der Waals surface area contributed by atoms with Gasteiger partial charge in [-0.3, -0.25) is 9.36 Å². The highest BCUT2D eigenvalue weighted by molar-refractivity contribution is 5.97. The number of ether oxygens (including phenoxy) is 2. The highest BCUT2D eigenvalue weighted by Gasteiger charge is 2.33. The van der Waals surface area contributed by atoms with Crippen molar-refractivity contribution in [1.82, 2.24) is 9.55 Å². The molecule has 1 aromatic heterocycles. The molecule has 0 saturated carbocycles. The molecule has 0 radical (unpaired) electrons. The number of imidazole rings is 1. The van der Waals surface area contributed by atoms with Crippen molar-refractivity contribution in [2.24, 2.45) is 0 Å². The first-order valence-electron chi connectivity index (χ1n) is 10.9. The standard InChI is InChI=1S/C25H29N3O3/c1-5-7-14-31-21-13-12-18(15-22(21)30-6-2)24-23(17(4)29)16(3)26-25-27-19-10-8-9-11-20(19)28(24)25/h8-13,15,24H,5-7,14H2,1-4H3,(H,26,27). The molecule has 0 spiro atoms. The minimum absolute atomic E-state index is 0.0275. The van der Waals surface area contributed by atoms with Gasteiger partial charge in [0.2, 0.25) is 5.95 Å². The first-order chi connectivity index (χ1) is 15.0. The topological polar surface area (TPSA) is 65.4 Å². The van der Waals surface area contributed by atoms with Crippen LogP contribution in [0.25, 0.3) is 11.0 Å². The molecule has 1 unspecified atom stereocenters. The number of fused-ring (bicyclic) bond motifs is 3. The van der Waals surface area contributed by atoms with Gasteiger partial charge >= 0.3 is 0 Å². The molecule has 2 heterocycles. The number of unbranched alkanes of at least 4 members (excludes halogenated alkanes) is 1. The van der Waals surface area contributed by atoms with Crippen LogP contribution in [0.2, 0.25) is 0 Å². The summed E-state index contributed by atoms with van der Waals surface area (Å²) < 4.78 is 14.0. The summed E-state index contributed by atoms with van der Waals surface area (Å²) in [4.78, 5) is 17.5. The molecular weight excluding hydrogens is 390 g/mol. The highest BCUT2D eigenvalue weighted by atomic mass is 16.5. The Hall–Kier alpha value is -3.28. The second kappa shape index (κ2) is 8.84. The monoisotopic (exact) mass is 419 g/mol. The number of carbonyl (C=O) groups excluding carboxylic acids is 1. The van der Waals surface area contributed by atoms with E-state index >= 15 is 0 Å². The third-order valence-corrected chi connectivity index (χ3v) is 5.55. The fourth-order valence-electron chi connectivity index (χ4n) is 4.14. The van der Waals surface area contributed by atoms with Gasteiger partial charge in [0.15, 0.2) is 17.3 Å². The number of benzene rings is 2. The molecule has 1 N–H and O–H groups in total. The lowest BCUT2D eigenvalue weighted by molar-refractivity contribution is -0.114. The van der Waals surface area contributed by atoms with Crippen LogP contribution in [0.5, 0.6) is 11.5 Å². The van der Waals surface area contributed by atoms with Gasteiger partial charge in [-0.25, -0.2) is 4.98 Å². The average molecular weight is 420 g/mol. The van der Waals surface area contributed by atoms with E-state index in [1.54, 1.807) is 6.92 Å². The van der Waals surface area contributed by atoms with Crippen LogP contribution in [0.1, 0.15) is 52.1 Å². The summed E-state index contributed by atoms with van der Waals surface area (Å²) in [6.45, 7) is 8.82. The van der Waals surface area contributed by atoms with Crippen molar-refractivity contribution in [2.45, 2.75) is 46.6 Å². The van der Waals surface area contributed by atoms with E-state index in [1.165, 1.54) is 0 Å². The van der Waals surface area contributed by atoms with Crippen molar-refractivity contribution >= 4 is 22.8 Å². The Morgan fingerprint density at radius 2 is 1.94 bits per heavy atom. The molecule has 0 amide bonds. The van der Waals surface area contributed by atoms with E-state index in [1.807, 2.05) is 56.3 Å². The molecule has 4 rings (SSSR count). The number of para-hydroxylation sites is 2. The van der Waals surface area contributed by atoms with Gasteiger partial charge in [-0.2, -0.15) is 0 Å². The van der Waals surface area contributed by atoms with Crippen LogP contribution < -0.4 is 14.8 Å². The summed E-state index contributed by atoms with van der Waals surface area (Å²) in [7, 11) is 0. The van der Waals surface area contributed by atoms with Crippen molar-refractivity contribution in [3.63, 3.8) is 0 Å². The van der Waals surface area contributed by atoms with Crippen LogP contribution in [0.4, 0.5) is 5.95 Å². The normalized spacial score (nSPS) is 15.5. The SMILES string of the molecule is CCCCOc1ccc(C2C(C(C)=O)=C(C)Nc3nc4ccccc4n32)cc1OCC. The third kappa shape index (κ3) is 3.90. The summed E-state index contributed by atoms with van der Waals surface area (Å²) in [5, 5.41) is 3.32. The number of nitrogens with one attached hydrogen (secondary N) is 1. The predicted molar refractivity (Wildman–Crippen MR) is 123 cm³/mol. The second-order valence-electron chi connectivity index (χ2n) is 7.76. The van der Waals surface area contributed by atoms with Gasteiger partial charge in [0, 0.05) is 11.3 Å². The lowest BCUT2D eigenvalue weighted by atomic mass is 9.92. The fourth-order valence-corrected chi connectivity index (χ4v) is 4.14. The van der Waals surface area contributed by atoms with Crippen LogP contribution in [-0.4, -0.2) is 28.5 Å². The van der Waals surface area contributed by atoms with Crippen LogP contribution in [0.15, 0.2) is 53.7 Å². The van der Waals surface area contributed by atoms with E-state index in [0.29, 0.717) is 19.0 Å². The first-order valence-corrected chi connectivity index (χ1v) is 10.9. The summed E-state index contributed by atoms with van der Waals surface area (Å²) in [6, 6.07) is 13.6. The Labute approximate surface area is 182 Å². The van der Waals surface area contributed by atoms with Gasteiger partial charge in [0.25, 0.3) is 0 Å². The molecule has 0 saturated heterocycles. The molecule has 162 valence electrons. The smallest absolute Gasteiger partial charge is 0.209 e. The van der Waals surface area contributed by atoms with E-state index in [2.05, 4.69) is 16.8 Å². The molecular formula is C25H29N3O3. The molecule has 0 bridgehead atoms. The molecule has 2 aromatic carbocycles. The number of anilines is 1. The van der Waals surface area contributed by atoms with Gasteiger partial charge in [0.05, 0.1) is 30.3 Å². The number of rotatable bonds is 8. The zero-order chi connectivity index (χ0) is 22.0. The van der Waals surface area contributed by atoms with E-state index in [0.717, 1.165) is 52.4 Å². The van der Waals surface area contributed by atoms with Crippen molar-refractivity contribution in [3.05, 3.63) is 59.3 Å². The summed E-state index contributed by atoms with van der Waals surface area (Å²) in [6.07, 6.45) is 2.06. The van der Waals surface area contributed by atoms with Crippen molar-refractivity contribution in [1.29, 1.82) is 0 Å². The van der Waals surface area contributed by atoms with E-state index < -0.39 is 0 Å². The number of nitrogens with zero attached hydrogens (tertiary/aromatic N) is 2. The molecule has 0 aliphatic carbocycles. The molecule has 1 aliphatic rings. The largest absolute Gasteiger partial charge is 0.490 e. The van der Waals surface area contributed by atoms with Crippen molar-refractivity contribution in [2.75, 3.05) is 18.5 Å². The minimum atomic E-state index is -0.301. The zero-order valence-electron chi connectivity index (χ0n) is 18.6. The molecule has 0 fully saturated rings. The van der Waals surface area contributed by atoms with Crippen LogP contribution in [0, 0.1) is 0 Å². The minimum Gasteiger partial charge on any atom is -0.490 e. The molecule has 1 atom stereocenters. The van der Waals surface area contributed by atoms with E-state index in [4.69, 9.17) is 14.5 Å². The number of allylic oxidation sites excluding steroid dienone is 2. The molecule has 31 heavy (non-hydrogen) atoms. The average Bonchev–Trinajstić information content (AvgIpc) is 3.11. The van der Waals surface area contributed by atoms with Crippen LogP contribution in [0.3, 0.4) is 0 Å². The third-order valence-electron chi connectivity index (χ3n) is 5.55. The maximum atomic E-state index is 12.7. The quantitative estimate of drug-likeness (QED) is 0.489. The maximum Gasteiger partial charge on any atom is 0.209 e. The zero-order valence-corrected chi connectivity index (χ0v) is 18.6. The van der Waals surface area contributed by atoms with Gasteiger partial charge in [-0.1, -0.05) is 31.5 Å². The Morgan fingerprint density at radius 1 is 1.13 bits per heavy atom. The number of Topliss-reactive ketones (excluding diaryl/α,β-unsaturated/α-hetero) is 1. The van der Waals surface area contributed by atoms with Gasteiger partial charge in [-0.05, 0) is 57.0 Å². The Balaban J connectivity index is 1.86. The lowest BCUT2D eigenvalue weighted by Gasteiger charge is -2.30. The predicted octanol–water partition coefficient (Wildman–Crippen LogP) is 5.49. The number of aromatic nitrogens is 2.